The number of aromatic nitrogens is 1. The fourth-order valence-corrected chi connectivity index (χ4v) is 2.41. The summed E-state index contributed by atoms with van der Waals surface area (Å²) in [7, 11) is 1.72. The third kappa shape index (κ3) is 3.36. The Balaban J connectivity index is 2.17. The minimum Gasteiger partial charge on any atom is -0.496 e. The second-order valence-corrected chi connectivity index (χ2v) is 4.88. The van der Waals surface area contributed by atoms with Crippen LogP contribution < -0.4 is 10.1 Å². The van der Waals surface area contributed by atoms with Crippen LogP contribution in [0.4, 0.5) is 0 Å². The van der Waals surface area contributed by atoms with Gasteiger partial charge in [0.15, 0.2) is 0 Å². The molecular formula is C17H22N2O. The summed E-state index contributed by atoms with van der Waals surface area (Å²) in [6.45, 7) is 4.34. The summed E-state index contributed by atoms with van der Waals surface area (Å²) in [4.78, 5) is 4.18. The molecule has 1 N–H and O–H groups in total. The summed E-state index contributed by atoms with van der Waals surface area (Å²) in [5.74, 6) is 0.935. The van der Waals surface area contributed by atoms with Crippen LogP contribution in [0.15, 0.2) is 48.8 Å². The molecule has 0 spiro atoms. The van der Waals surface area contributed by atoms with Crippen molar-refractivity contribution < 1.29 is 4.74 Å². The van der Waals surface area contributed by atoms with Crippen molar-refractivity contribution in [3.63, 3.8) is 0 Å². The second-order valence-electron chi connectivity index (χ2n) is 4.88. The molecule has 2 atom stereocenters. The number of pyridine rings is 1. The molecule has 106 valence electrons. The van der Waals surface area contributed by atoms with Crippen molar-refractivity contribution in [2.75, 3.05) is 7.11 Å². The summed E-state index contributed by atoms with van der Waals surface area (Å²) < 4.78 is 5.46. The Kier molecular flexibility index (Phi) is 5.13. The summed E-state index contributed by atoms with van der Waals surface area (Å²) in [6, 6.07) is 12.8. The molecule has 2 aromatic rings. The van der Waals surface area contributed by atoms with Gasteiger partial charge in [0, 0.05) is 30.0 Å². The second kappa shape index (κ2) is 7.06. The van der Waals surface area contributed by atoms with Crippen LogP contribution in [-0.4, -0.2) is 12.1 Å². The van der Waals surface area contributed by atoms with Gasteiger partial charge in [0.1, 0.15) is 5.75 Å². The molecule has 1 aromatic carbocycles. The van der Waals surface area contributed by atoms with E-state index < -0.39 is 0 Å². The van der Waals surface area contributed by atoms with Crippen molar-refractivity contribution in [1.29, 1.82) is 0 Å². The highest BCUT2D eigenvalue weighted by Gasteiger charge is 2.16. The van der Waals surface area contributed by atoms with Gasteiger partial charge >= 0.3 is 0 Å². The Hall–Kier alpha value is -1.87. The highest BCUT2D eigenvalue weighted by molar-refractivity contribution is 5.36. The molecule has 3 heteroatoms. The quantitative estimate of drug-likeness (QED) is 0.864. The van der Waals surface area contributed by atoms with E-state index in [-0.39, 0.29) is 12.1 Å². The van der Waals surface area contributed by atoms with Crippen molar-refractivity contribution in [3.8, 4) is 5.75 Å². The van der Waals surface area contributed by atoms with Crippen LogP contribution in [0.25, 0.3) is 0 Å². The molecule has 1 heterocycles. The lowest BCUT2D eigenvalue weighted by atomic mass is 10.0. The van der Waals surface area contributed by atoms with E-state index in [4.69, 9.17) is 4.74 Å². The predicted molar refractivity (Wildman–Crippen MR) is 81.8 cm³/mol. The SMILES string of the molecule is CCC(N[C@@H](C)c1cccnc1)c1ccccc1OC. The Morgan fingerprint density at radius 2 is 2.00 bits per heavy atom. The average Bonchev–Trinajstić information content (AvgIpc) is 2.53. The van der Waals surface area contributed by atoms with E-state index in [2.05, 4.69) is 42.3 Å². The molecule has 0 amide bonds. The van der Waals surface area contributed by atoms with Crippen LogP contribution in [0.1, 0.15) is 43.5 Å². The molecule has 0 aliphatic heterocycles. The first-order valence-electron chi connectivity index (χ1n) is 7.05. The van der Waals surface area contributed by atoms with Gasteiger partial charge in [-0.25, -0.2) is 0 Å². The summed E-state index contributed by atoms with van der Waals surface area (Å²) in [6.07, 6.45) is 4.71. The van der Waals surface area contributed by atoms with Crippen LogP contribution in [0.5, 0.6) is 5.75 Å². The lowest BCUT2D eigenvalue weighted by Crippen LogP contribution is -2.24. The topological polar surface area (TPSA) is 34.2 Å². The Morgan fingerprint density at radius 1 is 1.20 bits per heavy atom. The van der Waals surface area contributed by atoms with Crippen LogP contribution in [0.3, 0.4) is 0 Å². The van der Waals surface area contributed by atoms with Crippen LogP contribution in [-0.2, 0) is 0 Å². The first-order chi connectivity index (χ1) is 9.76. The van der Waals surface area contributed by atoms with E-state index in [1.165, 1.54) is 11.1 Å². The number of nitrogens with one attached hydrogen (secondary N) is 1. The Bertz CT molecular complexity index is 528. The zero-order valence-electron chi connectivity index (χ0n) is 12.3. The van der Waals surface area contributed by atoms with Gasteiger partial charge < -0.3 is 10.1 Å². The van der Waals surface area contributed by atoms with Gasteiger partial charge in [-0.2, -0.15) is 0 Å². The van der Waals surface area contributed by atoms with Gasteiger partial charge in [-0.05, 0) is 31.0 Å². The molecule has 0 saturated heterocycles. The van der Waals surface area contributed by atoms with Crippen molar-refractivity contribution in [2.45, 2.75) is 32.4 Å². The lowest BCUT2D eigenvalue weighted by Gasteiger charge is -2.24. The van der Waals surface area contributed by atoms with Gasteiger partial charge in [-0.15, -0.1) is 0 Å². The van der Waals surface area contributed by atoms with Gasteiger partial charge in [0.2, 0.25) is 0 Å². The van der Waals surface area contributed by atoms with Gasteiger partial charge in [0.05, 0.1) is 7.11 Å². The highest BCUT2D eigenvalue weighted by Crippen LogP contribution is 2.29. The zero-order valence-corrected chi connectivity index (χ0v) is 12.3. The van der Waals surface area contributed by atoms with Crippen molar-refractivity contribution >= 4 is 0 Å². The minimum atomic E-state index is 0.249. The molecule has 1 unspecified atom stereocenters. The Labute approximate surface area is 121 Å². The number of para-hydroxylation sites is 1. The normalized spacial score (nSPS) is 13.8. The monoisotopic (exact) mass is 270 g/mol. The third-order valence-corrected chi connectivity index (χ3v) is 3.56. The molecule has 3 nitrogen and oxygen atoms in total. The molecule has 2 rings (SSSR count). The molecule has 0 aliphatic rings. The number of ether oxygens (including phenoxy) is 1. The molecule has 0 aliphatic carbocycles. The van der Waals surface area contributed by atoms with Crippen LogP contribution in [0, 0.1) is 0 Å². The fourth-order valence-electron chi connectivity index (χ4n) is 2.41. The maximum Gasteiger partial charge on any atom is 0.123 e. The number of nitrogens with zero attached hydrogens (tertiary/aromatic N) is 1. The van der Waals surface area contributed by atoms with E-state index in [9.17, 15) is 0 Å². The summed E-state index contributed by atoms with van der Waals surface area (Å²) in [5, 5.41) is 3.65. The van der Waals surface area contributed by atoms with E-state index >= 15 is 0 Å². The largest absolute Gasteiger partial charge is 0.496 e. The Morgan fingerprint density at radius 3 is 2.65 bits per heavy atom. The number of hydrogen-bond donors (Lipinski definition) is 1. The van der Waals surface area contributed by atoms with E-state index in [1.54, 1.807) is 13.3 Å². The van der Waals surface area contributed by atoms with E-state index in [0.29, 0.717) is 0 Å². The lowest BCUT2D eigenvalue weighted by molar-refractivity contribution is 0.388. The van der Waals surface area contributed by atoms with Gasteiger partial charge in [0.25, 0.3) is 0 Å². The smallest absolute Gasteiger partial charge is 0.123 e. The first-order valence-corrected chi connectivity index (χ1v) is 7.05. The maximum absolute atomic E-state index is 5.46. The molecule has 20 heavy (non-hydrogen) atoms. The van der Waals surface area contributed by atoms with Crippen molar-refractivity contribution in [1.82, 2.24) is 10.3 Å². The number of benzene rings is 1. The van der Waals surface area contributed by atoms with E-state index in [0.717, 1.165) is 12.2 Å². The summed E-state index contributed by atoms with van der Waals surface area (Å²) >= 11 is 0. The molecule has 0 saturated carbocycles. The maximum atomic E-state index is 5.46. The fraction of sp³-hybridized carbons (Fsp3) is 0.353. The number of methoxy groups -OCH3 is 1. The van der Waals surface area contributed by atoms with E-state index in [1.807, 2.05) is 24.4 Å². The number of rotatable bonds is 6. The number of hydrogen-bond acceptors (Lipinski definition) is 3. The standard InChI is InChI=1S/C17H22N2O/c1-4-16(15-9-5-6-10-17(15)20-3)19-13(2)14-8-7-11-18-12-14/h5-13,16,19H,4H2,1-3H3/t13-,16?/m0/s1. The molecule has 0 bridgehead atoms. The summed E-state index contributed by atoms with van der Waals surface area (Å²) in [5.41, 5.74) is 2.40. The van der Waals surface area contributed by atoms with Crippen molar-refractivity contribution in [3.05, 3.63) is 59.9 Å². The molecule has 0 radical (unpaired) electrons. The zero-order chi connectivity index (χ0) is 14.4. The molecular weight excluding hydrogens is 248 g/mol. The molecule has 1 aromatic heterocycles. The minimum absolute atomic E-state index is 0.249. The van der Waals surface area contributed by atoms with Gasteiger partial charge in [-0.1, -0.05) is 31.2 Å². The first kappa shape index (κ1) is 14.5. The van der Waals surface area contributed by atoms with Crippen LogP contribution >= 0.6 is 0 Å². The highest BCUT2D eigenvalue weighted by atomic mass is 16.5. The molecule has 0 fully saturated rings. The van der Waals surface area contributed by atoms with Gasteiger partial charge in [-0.3, -0.25) is 4.98 Å². The average molecular weight is 270 g/mol. The van der Waals surface area contributed by atoms with Crippen molar-refractivity contribution in [2.24, 2.45) is 0 Å². The third-order valence-electron chi connectivity index (χ3n) is 3.56. The van der Waals surface area contributed by atoms with Crippen LogP contribution in [0.2, 0.25) is 0 Å². The predicted octanol–water partition coefficient (Wildman–Crippen LogP) is 3.89.